The Kier molecular flexibility index (Phi) is 9.09. The average Bonchev–Trinajstić information content (AvgIpc) is 2.26. The second-order valence-electron chi connectivity index (χ2n) is 4.36. The van der Waals surface area contributed by atoms with Crippen LogP contribution in [0.15, 0.2) is 12.7 Å². The van der Waals surface area contributed by atoms with Crippen molar-refractivity contribution in [2.45, 2.75) is 26.3 Å². The van der Waals surface area contributed by atoms with E-state index in [9.17, 15) is 17.8 Å². The molecule has 6 nitrogen and oxygen atoms in total. The maximum atomic E-state index is 11.3. The lowest BCUT2D eigenvalue weighted by molar-refractivity contribution is -0.903. The first-order valence-electron chi connectivity index (χ1n) is 5.52. The van der Waals surface area contributed by atoms with E-state index in [1.54, 1.807) is 0 Å². The maximum absolute atomic E-state index is 11.3. The summed E-state index contributed by atoms with van der Waals surface area (Å²) in [7, 11) is 0.554. The molecule has 108 valence electrons. The van der Waals surface area contributed by atoms with Gasteiger partial charge in [-0.3, -0.25) is 8.98 Å². The van der Waals surface area contributed by atoms with Crippen molar-refractivity contribution in [2.24, 2.45) is 0 Å². The molecule has 7 heteroatoms. The smallest absolute Gasteiger partial charge is 0.217 e. The number of carbonyl (C=O) groups is 1. The second-order valence-corrected chi connectivity index (χ2v) is 5.51. The highest BCUT2D eigenvalue weighted by molar-refractivity contribution is 7.80. The third kappa shape index (κ3) is 9.29. The highest BCUT2D eigenvalue weighted by Gasteiger charge is 2.27. The molecule has 0 aliphatic heterocycles. The van der Waals surface area contributed by atoms with Gasteiger partial charge in [0.05, 0.1) is 27.7 Å². The molecule has 0 bridgehead atoms. The molecule has 0 radical (unpaired) electrons. The van der Waals surface area contributed by atoms with E-state index in [-0.39, 0.29) is 11.8 Å². The van der Waals surface area contributed by atoms with Crippen molar-refractivity contribution in [1.29, 1.82) is 0 Å². The molecule has 0 aromatic heterocycles. The first-order chi connectivity index (χ1) is 8.01. The lowest BCUT2D eigenvalue weighted by atomic mass is 10.1. The summed E-state index contributed by atoms with van der Waals surface area (Å²) in [6.07, 6.45) is 2.52. The molecule has 0 saturated heterocycles. The predicted octanol–water partition coefficient (Wildman–Crippen LogP) is 0.709. The van der Waals surface area contributed by atoms with Gasteiger partial charge in [0.2, 0.25) is 16.2 Å². The first-order valence-corrected chi connectivity index (χ1v) is 6.85. The molecule has 1 atom stereocenters. The van der Waals surface area contributed by atoms with Gasteiger partial charge >= 0.3 is 0 Å². The Labute approximate surface area is 110 Å². The fourth-order valence-corrected chi connectivity index (χ4v) is 1.28. The number of hydrogen-bond acceptors (Lipinski definition) is 5. The molecule has 0 heterocycles. The number of nitrogens with zero attached hydrogens (tertiary/aromatic N) is 1. The van der Waals surface area contributed by atoms with Gasteiger partial charge in [-0.1, -0.05) is 13.5 Å². The van der Waals surface area contributed by atoms with E-state index in [4.69, 9.17) is 0 Å². The lowest BCUT2D eigenvalue weighted by Gasteiger charge is -2.34. The van der Waals surface area contributed by atoms with Crippen LogP contribution in [0.3, 0.4) is 0 Å². The van der Waals surface area contributed by atoms with Gasteiger partial charge < -0.3 is 9.04 Å². The van der Waals surface area contributed by atoms with Gasteiger partial charge in [0, 0.05) is 0 Å². The van der Waals surface area contributed by atoms with Crippen LogP contribution in [0.25, 0.3) is 0 Å². The van der Waals surface area contributed by atoms with Gasteiger partial charge in [-0.2, -0.15) is 0 Å². The Bertz CT molecular complexity index is 362. The number of carbonyl (C=O) groups excluding carboxylic acids is 1. The van der Waals surface area contributed by atoms with Crippen molar-refractivity contribution >= 4 is 16.2 Å². The standard InChI is InChI=1S/C10H20NO.CH4O4S/c1-6-8-11(4,5)9(3)10(12)7-2;1-5-6(2,3)4/h7,9H,2,6,8H2,1,3-5H3;1H3,(H,2,3,4)/q+1;/p-1. The first kappa shape index (κ1) is 19.6. The van der Waals surface area contributed by atoms with Crippen molar-refractivity contribution < 1.29 is 26.4 Å². The fraction of sp³-hybridized carbons (Fsp3) is 0.727. The van der Waals surface area contributed by atoms with Gasteiger partial charge in [0.25, 0.3) is 0 Å². The molecule has 0 spiro atoms. The molecule has 0 rings (SSSR count). The predicted molar refractivity (Wildman–Crippen MR) is 68.6 cm³/mol. The minimum atomic E-state index is -4.41. The molecule has 0 aliphatic rings. The van der Waals surface area contributed by atoms with Crippen molar-refractivity contribution in [3.8, 4) is 0 Å². The van der Waals surface area contributed by atoms with Crippen LogP contribution in [0.2, 0.25) is 0 Å². The van der Waals surface area contributed by atoms with Crippen LogP contribution >= 0.6 is 0 Å². The molecule has 0 N–H and O–H groups in total. The van der Waals surface area contributed by atoms with Gasteiger partial charge in [0.1, 0.15) is 6.04 Å². The zero-order chi connectivity index (χ0) is 15.0. The summed E-state index contributed by atoms with van der Waals surface area (Å²) >= 11 is 0. The zero-order valence-electron chi connectivity index (χ0n) is 11.7. The SMILES string of the molecule is C=CC(=O)C(C)[N+](C)(C)CCC.COS(=O)(=O)[O-]. The largest absolute Gasteiger partial charge is 0.726 e. The second kappa shape index (κ2) is 8.36. The van der Waals surface area contributed by atoms with Crippen molar-refractivity contribution in [2.75, 3.05) is 27.7 Å². The van der Waals surface area contributed by atoms with Gasteiger partial charge in [0.15, 0.2) is 0 Å². The van der Waals surface area contributed by atoms with E-state index in [2.05, 4.69) is 31.8 Å². The van der Waals surface area contributed by atoms with Crippen molar-refractivity contribution in [3.63, 3.8) is 0 Å². The molecular weight excluding hydrogens is 258 g/mol. The van der Waals surface area contributed by atoms with Crippen LogP contribution in [0, 0.1) is 0 Å². The molecule has 0 fully saturated rings. The Balaban J connectivity index is 0. The van der Waals surface area contributed by atoms with Crippen molar-refractivity contribution in [1.82, 2.24) is 0 Å². The molecule has 0 aromatic rings. The average molecular weight is 281 g/mol. The Morgan fingerprint density at radius 1 is 1.50 bits per heavy atom. The van der Waals surface area contributed by atoms with Crippen LogP contribution in [-0.2, 0) is 19.4 Å². The molecular formula is C11H23NO5S. The Hall–Kier alpha value is -0.760. The van der Waals surface area contributed by atoms with E-state index in [1.807, 2.05) is 6.92 Å². The van der Waals surface area contributed by atoms with Crippen LogP contribution in [0.4, 0.5) is 0 Å². The van der Waals surface area contributed by atoms with Crippen LogP contribution < -0.4 is 0 Å². The number of rotatable bonds is 6. The molecule has 0 aromatic carbocycles. The number of ketones is 1. The summed E-state index contributed by atoms with van der Waals surface area (Å²) < 4.78 is 31.8. The highest BCUT2D eigenvalue weighted by Crippen LogP contribution is 2.08. The van der Waals surface area contributed by atoms with E-state index in [0.29, 0.717) is 0 Å². The third-order valence-electron chi connectivity index (χ3n) is 2.67. The number of quaternary nitrogens is 1. The highest BCUT2D eigenvalue weighted by atomic mass is 32.3. The van der Waals surface area contributed by atoms with E-state index in [0.717, 1.165) is 24.6 Å². The van der Waals surface area contributed by atoms with Gasteiger partial charge in [-0.15, -0.1) is 0 Å². The van der Waals surface area contributed by atoms with E-state index in [1.165, 1.54) is 6.08 Å². The van der Waals surface area contributed by atoms with E-state index >= 15 is 0 Å². The summed E-state index contributed by atoms with van der Waals surface area (Å²) in [5.74, 6) is 0.133. The number of hydrogen-bond donors (Lipinski definition) is 0. The lowest BCUT2D eigenvalue weighted by Crippen LogP contribution is -2.51. The van der Waals surface area contributed by atoms with Crippen LogP contribution in [0.5, 0.6) is 0 Å². The molecule has 0 aliphatic carbocycles. The zero-order valence-corrected chi connectivity index (χ0v) is 12.5. The topological polar surface area (TPSA) is 83.5 Å². The minimum Gasteiger partial charge on any atom is -0.726 e. The summed E-state index contributed by atoms with van der Waals surface area (Å²) in [6, 6.07) is 0.0300. The van der Waals surface area contributed by atoms with Gasteiger partial charge in [-0.05, 0) is 19.4 Å². The third-order valence-corrected chi connectivity index (χ3v) is 3.07. The molecule has 0 amide bonds. The minimum absolute atomic E-state index is 0.0300. The quantitative estimate of drug-likeness (QED) is 0.310. The van der Waals surface area contributed by atoms with Crippen LogP contribution in [0.1, 0.15) is 20.3 Å². The number of likely N-dealkylation sites (N-methyl/N-ethyl adjacent to an activating group) is 1. The van der Waals surface area contributed by atoms with E-state index < -0.39 is 10.4 Å². The summed E-state index contributed by atoms with van der Waals surface area (Å²) in [4.78, 5) is 11.3. The Morgan fingerprint density at radius 2 is 1.89 bits per heavy atom. The molecule has 0 saturated carbocycles. The maximum Gasteiger partial charge on any atom is 0.217 e. The van der Waals surface area contributed by atoms with Gasteiger partial charge in [-0.25, -0.2) is 8.42 Å². The molecule has 1 unspecified atom stereocenters. The van der Waals surface area contributed by atoms with Crippen molar-refractivity contribution in [3.05, 3.63) is 12.7 Å². The summed E-state index contributed by atoms with van der Waals surface area (Å²) in [6.45, 7) is 8.61. The molecule has 18 heavy (non-hydrogen) atoms. The monoisotopic (exact) mass is 281 g/mol. The van der Waals surface area contributed by atoms with Crippen LogP contribution in [-0.4, -0.2) is 57.0 Å². The fourth-order valence-electron chi connectivity index (χ4n) is 1.28. The summed E-state index contributed by atoms with van der Waals surface area (Å²) in [5.41, 5.74) is 0. The Morgan fingerprint density at radius 3 is 2.11 bits per heavy atom. The summed E-state index contributed by atoms with van der Waals surface area (Å²) in [5, 5.41) is 0. The normalized spacial score (nSPS) is 13.2.